The number of aromatic nitrogens is 1. The summed E-state index contributed by atoms with van der Waals surface area (Å²) in [6, 6.07) is 14.1. The highest BCUT2D eigenvalue weighted by atomic mass is 32.1. The van der Waals surface area contributed by atoms with E-state index in [-0.39, 0.29) is 11.8 Å². The fourth-order valence-electron chi connectivity index (χ4n) is 2.96. The molecule has 0 saturated heterocycles. The van der Waals surface area contributed by atoms with E-state index in [1.165, 1.54) is 16.9 Å². The van der Waals surface area contributed by atoms with Gasteiger partial charge in [0.05, 0.1) is 10.2 Å². The molecular formula is C22H25N3O2S. The zero-order valence-electron chi connectivity index (χ0n) is 16.2. The van der Waals surface area contributed by atoms with Crippen molar-refractivity contribution in [3.8, 4) is 0 Å². The van der Waals surface area contributed by atoms with Gasteiger partial charge >= 0.3 is 0 Å². The number of carbonyl (C=O) groups is 2. The van der Waals surface area contributed by atoms with E-state index in [4.69, 9.17) is 0 Å². The molecule has 28 heavy (non-hydrogen) atoms. The number of amides is 2. The Kier molecular flexibility index (Phi) is 6.76. The number of carbonyl (C=O) groups excluding carboxylic acids is 2. The maximum atomic E-state index is 12.2. The fraction of sp³-hybridized carbons (Fsp3) is 0.318. The molecule has 1 heterocycles. The number of fused-ring (bicyclic) bond motifs is 1. The summed E-state index contributed by atoms with van der Waals surface area (Å²) in [6.45, 7) is 4.57. The summed E-state index contributed by atoms with van der Waals surface area (Å²) in [5.74, 6) is 0.0329. The lowest BCUT2D eigenvalue weighted by Crippen LogP contribution is -2.23. The van der Waals surface area contributed by atoms with Gasteiger partial charge in [0, 0.05) is 19.4 Å². The highest BCUT2D eigenvalue weighted by molar-refractivity contribution is 7.22. The van der Waals surface area contributed by atoms with E-state index in [1.807, 2.05) is 44.2 Å². The first kappa shape index (κ1) is 20.0. The summed E-state index contributed by atoms with van der Waals surface area (Å²) < 4.78 is 1.02. The van der Waals surface area contributed by atoms with Crippen molar-refractivity contribution in [2.24, 2.45) is 0 Å². The molecule has 0 spiro atoms. The zero-order valence-corrected chi connectivity index (χ0v) is 17.1. The van der Waals surface area contributed by atoms with Gasteiger partial charge in [-0.1, -0.05) is 54.2 Å². The number of nitrogens with zero attached hydrogens (tertiary/aromatic N) is 1. The second-order valence-electron chi connectivity index (χ2n) is 6.89. The lowest BCUT2D eigenvalue weighted by Gasteiger charge is -2.06. The molecule has 2 aromatic carbocycles. The molecule has 1 aromatic heterocycles. The number of nitrogens with one attached hydrogen (secondary N) is 2. The first-order valence-corrected chi connectivity index (χ1v) is 10.4. The molecule has 6 heteroatoms. The molecule has 2 N–H and O–H groups in total. The lowest BCUT2D eigenvalue weighted by atomic mass is 10.1. The van der Waals surface area contributed by atoms with Crippen LogP contribution in [-0.2, 0) is 22.6 Å². The molecule has 2 amide bonds. The van der Waals surface area contributed by atoms with Crippen LogP contribution in [0.25, 0.3) is 10.2 Å². The SMILES string of the molecule is CCCC(=O)Nc1nc2ccc(CCC(=O)NCc3cccc(C)c3)cc2s1. The van der Waals surface area contributed by atoms with Gasteiger partial charge in [-0.15, -0.1) is 0 Å². The van der Waals surface area contributed by atoms with E-state index in [1.54, 1.807) is 0 Å². The van der Waals surface area contributed by atoms with Crippen LogP contribution < -0.4 is 10.6 Å². The van der Waals surface area contributed by atoms with Crippen LogP contribution in [0.2, 0.25) is 0 Å². The average Bonchev–Trinajstić information content (AvgIpc) is 3.06. The van der Waals surface area contributed by atoms with E-state index in [2.05, 4.69) is 27.8 Å². The monoisotopic (exact) mass is 395 g/mol. The molecule has 0 aliphatic heterocycles. The van der Waals surface area contributed by atoms with E-state index in [0.717, 1.165) is 27.8 Å². The van der Waals surface area contributed by atoms with Crippen molar-refractivity contribution in [3.63, 3.8) is 0 Å². The molecule has 0 atom stereocenters. The van der Waals surface area contributed by atoms with Gasteiger partial charge in [-0.05, 0) is 43.0 Å². The van der Waals surface area contributed by atoms with Gasteiger partial charge in [-0.25, -0.2) is 4.98 Å². The van der Waals surface area contributed by atoms with E-state index in [9.17, 15) is 9.59 Å². The quantitative estimate of drug-likeness (QED) is 0.586. The summed E-state index contributed by atoms with van der Waals surface area (Å²) >= 11 is 1.47. The van der Waals surface area contributed by atoms with Gasteiger partial charge in [0.2, 0.25) is 11.8 Å². The van der Waals surface area contributed by atoms with Crippen molar-refractivity contribution in [1.82, 2.24) is 10.3 Å². The van der Waals surface area contributed by atoms with Crippen LogP contribution in [0.1, 0.15) is 42.9 Å². The Hall–Kier alpha value is -2.73. The lowest BCUT2D eigenvalue weighted by molar-refractivity contribution is -0.121. The summed E-state index contributed by atoms with van der Waals surface area (Å²) in [7, 11) is 0. The van der Waals surface area contributed by atoms with Crippen LogP contribution in [0.5, 0.6) is 0 Å². The van der Waals surface area contributed by atoms with Gasteiger partial charge in [-0.2, -0.15) is 0 Å². The molecule has 0 aliphatic carbocycles. The predicted molar refractivity (Wildman–Crippen MR) is 115 cm³/mol. The van der Waals surface area contributed by atoms with E-state index >= 15 is 0 Å². The summed E-state index contributed by atoms with van der Waals surface area (Å²) in [5, 5.41) is 6.44. The number of aryl methyl sites for hydroxylation is 2. The third-order valence-corrected chi connectivity index (χ3v) is 5.32. The molecule has 0 radical (unpaired) electrons. The Morgan fingerprint density at radius 3 is 2.68 bits per heavy atom. The van der Waals surface area contributed by atoms with Crippen molar-refractivity contribution in [3.05, 3.63) is 59.2 Å². The predicted octanol–water partition coefficient (Wildman–Crippen LogP) is 4.59. The minimum atomic E-state index is -0.00735. The fourth-order valence-corrected chi connectivity index (χ4v) is 3.90. The number of benzene rings is 2. The Labute approximate surface area is 169 Å². The van der Waals surface area contributed by atoms with Crippen LogP contribution >= 0.6 is 11.3 Å². The number of anilines is 1. The average molecular weight is 396 g/mol. The van der Waals surface area contributed by atoms with Crippen molar-refractivity contribution in [2.45, 2.75) is 46.1 Å². The van der Waals surface area contributed by atoms with Crippen molar-refractivity contribution < 1.29 is 9.59 Å². The summed E-state index contributed by atoms with van der Waals surface area (Å²) in [6.07, 6.45) is 2.42. The highest BCUT2D eigenvalue weighted by Crippen LogP contribution is 2.27. The molecule has 3 aromatic rings. The summed E-state index contributed by atoms with van der Waals surface area (Å²) in [5.41, 5.74) is 4.25. The van der Waals surface area contributed by atoms with Crippen molar-refractivity contribution >= 4 is 38.5 Å². The third-order valence-electron chi connectivity index (χ3n) is 4.39. The Morgan fingerprint density at radius 2 is 1.89 bits per heavy atom. The van der Waals surface area contributed by atoms with Gasteiger partial charge in [-0.3, -0.25) is 9.59 Å². The van der Waals surface area contributed by atoms with Crippen molar-refractivity contribution in [1.29, 1.82) is 0 Å². The molecule has 3 rings (SSSR count). The third kappa shape index (κ3) is 5.63. The standard InChI is InChI=1S/C22H25N3O2S/c1-3-5-21(27)25-22-24-18-10-8-16(13-19(18)28-22)9-11-20(26)23-14-17-7-4-6-15(2)12-17/h4,6-8,10,12-13H,3,5,9,11,14H2,1-2H3,(H,23,26)(H,24,25,27). The van der Waals surface area contributed by atoms with Crippen LogP contribution in [-0.4, -0.2) is 16.8 Å². The molecule has 5 nitrogen and oxygen atoms in total. The first-order valence-electron chi connectivity index (χ1n) is 9.55. The molecule has 0 aliphatic rings. The van der Waals surface area contributed by atoms with E-state index < -0.39 is 0 Å². The Bertz CT molecular complexity index is 981. The Balaban J connectivity index is 1.53. The maximum absolute atomic E-state index is 12.2. The zero-order chi connectivity index (χ0) is 19.9. The second-order valence-corrected chi connectivity index (χ2v) is 7.92. The normalized spacial score (nSPS) is 10.8. The number of thiazole rings is 1. The molecule has 0 fully saturated rings. The smallest absolute Gasteiger partial charge is 0.226 e. The van der Waals surface area contributed by atoms with Gasteiger partial charge < -0.3 is 10.6 Å². The largest absolute Gasteiger partial charge is 0.352 e. The number of hydrogen-bond donors (Lipinski definition) is 2. The van der Waals surface area contributed by atoms with Crippen LogP contribution in [0.15, 0.2) is 42.5 Å². The van der Waals surface area contributed by atoms with Gasteiger partial charge in [0.25, 0.3) is 0 Å². The maximum Gasteiger partial charge on any atom is 0.226 e. The molecule has 146 valence electrons. The van der Waals surface area contributed by atoms with E-state index in [0.29, 0.717) is 30.9 Å². The van der Waals surface area contributed by atoms with Gasteiger partial charge in [0.15, 0.2) is 5.13 Å². The molecule has 0 unspecified atom stereocenters. The second kappa shape index (κ2) is 9.46. The first-order chi connectivity index (χ1) is 13.5. The minimum Gasteiger partial charge on any atom is -0.352 e. The van der Waals surface area contributed by atoms with Crippen LogP contribution in [0, 0.1) is 6.92 Å². The minimum absolute atomic E-state index is 0.00735. The molecule has 0 bridgehead atoms. The van der Waals surface area contributed by atoms with Crippen LogP contribution in [0.3, 0.4) is 0 Å². The summed E-state index contributed by atoms with van der Waals surface area (Å²) in [4.78, 5) is 28.3. The molecule has 0 saturated carbocycles. The number of rotatable bonds is 8. The highest BCUT2D eigenvalue weighted by Gasteiger charge is 2.09. The Morgan fingerprint density at radius 1 is 1.04 bits per heavy atom. The topological polar surface area (TPSA) is 71.1 Å². The van der Waals surface area contributed by atoms with Gasteiger partial charge in [0.1, 0.15) is 0 Å². The number of hydrogen-bond acceptors (Lipinski definition) is 4. The molecular weight excluding hydrogens is 370 g/mol. The van der Waals surface area contributed by atoms with Crippen molar-refractivity contribution in [2.75, 3.05) is 5.32 Å². The van der Waals surface area contributed by atoms with Crippen LogP contribution in [0.4, 0.5) is 5.13 Å².